The number of carbonyl (C=O) groups excluding carboxylic acids is 1. The van der Waals surface area contributed by atoms with E-state index in [0.717, 1.165) is 5.56 Å². The first kappa shape index (κ1) is 16.0. The average molecular weight is 279 g/mol. The first-order valence-corrected chi connectivity index (χ1v) is 6.48. The van der Waals surface area contributed by atoms with Gasteiger partial charge < -0.3 is 15.2 Å². The molecule has 0 saturated carbocycles. The van der Waals surface area contributed by atoms with Crippen LogP contribution in [0.15, 0.2) is 24.3 Å². The number of nitrogens with one attached hydrogen (secondary N) is 1. The van der Waals surface area contributed by atoms with Crippen molar-refractivity contribution in [2.45, 2.75) is 38.6 Å². The lowest BCUT2D eigenvalue weighted by Gasteiger charge is -2.25. The maximum Gasteiger partial charge on any atom is 0.303 e. The van der Waals surface area contributed by atoms with Gasteiger partial charge in [-0.25, -0.2) is 0 Å². The Bertz CT molecular complexity index is 483. The highest BCUT2D eigenvalue weighted by molar-refractivity contribution is 5.79. The monoisotopic (exact) mass is 279 g/mol. The molecule has 1 aromatic carbocycles. The van der Waals surface area contributed by atoms with Crippen LogP contribution in [0, 0.1) is 0 Å². The molecule has 0 radical (unpaired) electrons. The van der Waals surface area contributed by atoms with Crippen molar-refractivity contribution in [3.63, 3.8) is 0 Å². The summed E-state index contributed by atoms with van der Waals surface area (Å²) >= 11 is 0. The fourth-order valence-corrected chi connectivity index (χ4v) is 1.87. The lowest BCUT2D eigenvalue weighted by molar-refractivity contribution is -0.137. The smallest absolute Gasteiger partial charge is 0.303 e. The molecule has 1 amide bonds. The summed E-state index contributed by atoms with van der Waals surface area (Å²) in [4.78, 5) is 22.5. The SMILES string of the molecule is COc1cccc(CC(=O)NC(C)(C)CCC(=O)O)c1. The van der Waals surface area contributed by atoms with Gasteiger partial charge in [0.2, 0.25) is 5.91 Å². The predicted octanol–water partition coefficient (Wildman–Crippen LogP) is 2.00. The molecule has 1 rings (SSSR count). The third-order valence-electron chi connectivity index (χ3n) is 2.94. The van der Waals surface area contributed by atoms with Crippen LogP contribution < -0.4 is 10.1 Å². The third kappa shape index (κ3) is 5.73. The highest BCUT2D eigenvalue weighted by atomic mass is 16.5. The van der Waals surface area contributed by atoms with Crippen molar-refractivity contribution in [1.29, 1.82) is 0 Å². The maximum atomic E-state index is 12.0. The fourth-order valence-electron chi connectivity index (χ4n) is 1.87. The van der Waals surface area contributed by atoms with Gasteiger partial charge in [-0.15, -0.1) is 0 Å². The zero-order valence-corrected chi connectivity index (χ0v) is 12.1. The molecule has 2 N–H and O–H groups in total. The Labute approximate surface area is 118 Å². The van der Waals surface area contributed by atoms with Gasteiger partial charge in [-0.2, -0.15) is 0 Å². The van der Waals surface area contributed by atoms with Gasteiger partial charge in [-0.3, -0.25) is 9.59 Å². The fraction of sp³-hybridized carbons (Fsp3) is 0.467. The van der Waals surface area contributed by atoms with Crippen molar-refractivity contribution in [2.24, 2.45) is 0 Å². The van der Waals surface area contributed by atoms with Crippen LogP contribution in [0.4, 0.5) is 0 Å². The molecule has 0 aliphatic rings. The van der Waals surface area contributed by atoms with Gasteiger partial charge in [0, 0.05) is 12.0 Å². The summed E-state index contributed by atoms with van der Waals surface area (Å²) in [5.74, 6) is -0.283. The standard InChI is InChI=1S/C15H21NO4/c1-15(2,8-7-14(18)19)16-13(17)10-11-5-4-6-12(9-11)20-3/h4-6,9H,7-8,10H2,1-3H3,(H,16,17)(H,18,19). The molecule has 0 aliphatic carbocycles. The molecule has 5 nitrogen and oxygen atoms in total. The number of hydrogen-bond donors (Lipinski definition) is 2. The number of carboxylic acid groups (broad SMARTS) is 1. The van der Waals surface area contributed by atoms with Crippen molar-refractivity contribution >= 4 is 11.9 Å². The lowest BCUT2D eigenvalue weighted by Crippen LogP contribution is -2.44. The van der Waals surface area contributed by atoms with Crippen LogP contribution in [0.1, 0.15) is 32.3 Å². The number of hydrogen-bond acceptors (Lipinski definition) is 3. The minimum atomic E-state index is -0.861. The van der Waals surface area contributed by atoms with E-state index in [9.17, 15) is 9.59 Å². The van der Waals surface area contributed by atoms with Crippen LogP contribution >= 0.6 is 0 Å². The number of carbonyl (C=O) groups is 2. The largest absolute Gasteiger partial charge is 0.497 e. The van der Waals surface area contributed by atoms with E-state index in [0.29, 0.717) is 12.2 Å². The first-order valence-electron chi connectivity index (χ1n) is 6.48. The van der Waals surface area contributed by atoms with E-state index in [1.807, 2.05) is 38.1 Å². The van der Waals surface area contributed by atoms with Gasteiger partial charge in [0.1, 0.15) is 5.75 Å². The van der Waals surface area contributed by atoms with Crippen LogP contribution in [-0.2, 0) is 16.0 Å². The Balaban J connectivity index is 2.55. The second-order valence-electron chi connectivity index (χ2n) is 5.35. The van der Waals surface area contributed by atoms with Crippen LogP contribution in [0.5, 0.6) is 5.75 Å². The van der Waals surface area contributed by atoms with Crippen LogP contribution in [0.2, 0.25) is 0 Å². The molecule has 20 heavy (non-hydrogen) atoms. The molecular formula is C15H21NO4. The molecule has 5 heteroatoms. The molecule has 0 heterocycles. The van der Waals surface area contributed by atoms with Gasteiger partial charge in [0.15, 0.2) is 0 Å². The first-order chi connectivity index (χ1) is 9.32. The van der Waals surface area contributed by atoms with Crippen LogP contribution in [-0.4, -0.2) is 29.6 Å². The summed E-state index contributed by atoms with van der Waals surface area (Å²) in [6.07, 6.45) is 0.673. The van der Waals surface area contributed by atoms with E-state index in [4.69, 9.17) is 9.84 Å². The lowest BCUT2D eigenvalue weighted by atomic mass is 9.98. The highest BCUT2D eigenvalue weighted by Gasteiger charge is 2.21. The van der Waals surface area contributed by atoms with E-state index >= 15 is 0 Å². The van der Waals surface area contributed by atoms with E-state index in [1.165, 1.54) is 0 Å². The topological polar surface area (TPSA) is 75.6 Å². The third-order valence-corrected chi connectivity index (χ3v) is 2.94. The number of methoxy groups -OCH3 is 1. The Morgan fingerprint density at radius 2 is 2.05 bits per heavy atom. The minimum Gasteiger partial charge on any atom is -0.497 e. The summed E-state index contributed by atoms with van der Waals surface area (Å²) in [6, 6.07) is 7.31. The number of aliphatic carboxylic acids is 1. The maximum absolute atomic E-state index is 12.0. The molecule has 0 bridgehead atoms. The number of benzene rings is 1. The predicted molar refractivity (Wildman–Crippen MR) is 75.8 cm³/mol. The Morgan fingerprint density at radius 1 is 1.35 bits per heavy atom. The second kappa shape index (κ2) is 6.93. The number of amides is 1. The number of ether oxygens (including phenoxy) is 1. The Kier molecular flexibility index (Phi) is 5.55. The molecular weight excluding hydrogens is 258 g/mol. The molecule has 0 aliphatic heterocycles. The quantitative estimate of drug-likeness (QED) is 0.800. The van der Waals surface area contributed by atoms with Crippen molar-refractivity contribution in [3.05, 3.63) is 29.8 Å². The summed E-state index contributed by atoms with van der Waals surface area (Å²) in [5.41, 5.74) is 0.324. The van der Waals surface area contributed by atoms with Crippen LogP contribution in [0.25, 0.3) is 0 Å². The molecule has 0 aromatic heterocycles. The molecule has 0 spiro atoms. The highest BCUT2D eigenvalue weighted by Crippen LogP contribution is 2.15. The summed E-state index contributed by atoms with van der Waals surface area (Å²) in [7, 11) is 1.58. The summed E-state index contributed by atoms with van der Waals surface area (Å²) < 4.78 is 5.11. The van der Waals surface area contributed by atoms with Gasteiger partial charge in [-0.1, -0.05) is 12.1 Å². The van der Waals surface area contributed by atoms with Crippen LogP contribution in [0.3, 0.4) is 0 Å². The van der Waals surface area contributed by atoms with Gasteiger partial charge >= 0.3 is 5.97 Å². The second-order valence-corrected chi connectivity index (χ2v) is 5.35. The van der Waals surface area contributed by atoms with Gasteiger partial charge in [-0.05, 0) is 38.0 Å². The molecule has 0 atom stereocenters. The number of carboxylic acids is 1. The normalized spacial score (nSPS) is 10.9. The zero-order chi connectivity index (χ0) is 15.2. The van der Waals surface area contributed by atoms with Crippen molar-refractivity contribution < 1.29 is 19.4 Å². The van der Waals surface area contributed by atoms with Crippen molar-refractivity contribution in [2.75, 3.05) is 7.11 Å². The van der Waals surface area contributed by atoms with E-state index in [-0.39, 0.29) is 18.7 Å². The van der Waals surface area contributed by atoms with E-state index < -0.39 is 11.5 Å². The Morgan fingerprint density at radius 3 is 2.65 bits per heavy atom. The minimum absolute atomic E-state index is 0.0342. The molecule has 0 unspecified atom stereocenters. The molecule has 0 fully saturated rings. The summed E-state index contributed by atoms with van der Waals surface area (Å²) in [5, 5.41) is 11.5. The molecule has 1 aromatic rings. The van der Waals surface area contributed by atoms with E-state index in [1.54, 1.807) is 7.11 Å². The summed E-state index contributed by atoms with van der Waals surface area (Å²) in [6.45, 7) is 3.64. The number of rotatable bonds is 7. The molecule has 110 valence electrons. The van der Waals surface area contributed by atoms with Gasteiger partial charge in [0.05, 0.1) is 13.5 Å². The average Bonchev–Trinajstić information content (AvgIpc) is 2.36. The van der Waals surface area contributed by atoms with Gasteiger partial charge in [0.25, 0.3) is 0 Å². The van der Waals surface area contributed by atoms with Crippen molar-refractivity contribution in [1.82, 2.24) is 5.32 Å². The van der Waals surface area contributed by atoms with Crippen molar-refractivity contribution in [3.8, 4) is 5.75 Å². The molecule has 0 saturated heterocycles. The Hall–Kier alpha value is -2.04. The zero-order valence-electron chi connectivity index (χ0n) is 12.1. The van der Waals surface area contributed by atoms with E-state index in [2.05, 4.69) is 5.32 Å².